The molecule has 3 aromatic rings. The molecule has 1 aromatic carbocycles. The Bertz CT molecular complexity index is 1190. The number of halogens is 1. The van der Waals surface area contributed by atoms with E-state index in [-0.39, 0.29) is 28.5 Å². The average molecular weight is 525 g/mol. The van der Waals surface area contributed by atoms with Gasteiger partial charge in [-0.25, -0.2) is 8.42 Å². The quantitative estimate of drug-likeness (QED) is 0.458. The number of sulfonamides is 1. The Hall–Kier alpha value is -3.19. The van der Waals surface area contributed by atoms with Crippen LogP contribution in [0.2, 0.25) is 0 Å². The molecule has 170 valence electrons. The Balaban J connectivity index is 1.72. The van der Waals surface area contributed by atoms with Crippen molar-refractivity contribution in [3.8, 4) is 11.9 Å². The molecule has 0 aliphatic rings. The summed E-state index contributed by atoms with van der Waals surface area (Å²) < 4.78 is 40.1. The average Bonchev–Trinajstić information content (AvgIpc) is 3.11. The van der Waals surface area contributed by atoms with Gasteiger partial charge in [-0.1, -0.05) is 0 Å². The van der Waals surface area contributed by atoms with E-state index in [0.29, 0.717) is 5.69 Å². The minimum Gasteiger partial charge on any atom is -0.481 e. The van der Waals surface area contributed by atoms with Gasteiger partial charge in [0.2, 0.25) is 11.8 Å². The van der Waals surface area contributed by atoms with Crippen molar-refractivity contribution in [3.63, 3.8) is 0 Å². The Morgan fingerprint density at radius 1 is 1.16 bits per heavy atom. The first kappa shape index (κ1) is 23.5. The Labute approximate surface area is 193 Å². The summed E-state index contributed by atoms with van der Waals surface area (Å²) in [5.74, 6) is -0.171. The molecule has 0 fully saturated rings. The first-order chi connectivity index (χ1) is 15.1. The largest absolute Gasteiger partial charge is 0.481 e. The second-order valence-corrected chi connectivity index (χ2v) is 9.16. The smallest absolute Gasteiger partial charge is 0.321 e. The van der Waals surface area contributed by atoms with Crippen molar-refractivity contribution in [2.24, 2.45) is 0 Å². The van der Waals surface area contributed by atoms with Crippen LogP contribution in [0.1, 0.15) is 18.7 Å². The van der Waals surface area contributed by atoms with Crippen LogP contribution in [0.4, 0.5) is 11.5 Å². The zero-order valence-corrected chi connectivity index (χ0v) is 20.1. The van der Waals surface area contributed by atoms with Gasteiger partial charge in [-0.15, -0.1) is 0 Å². The van der Waals surface area contributed by atoms with Gasteiger partial charge in [-0.05, 0) is 54.0 Å². The molecule has 0 spiro atoms. The second kappa shape index (κ2) is 9.53. The van der Waals surface area contributed by atoms with Gasteiger partial charge in [-0.3, -0.25) is 14.2 Å². The third-order valence-corrected chi connectivity index (χ3v) is 6.53. The molecule has 0 saturated heterocycles. The highest BCUT2D eigenvalue weighted by Gasteiger charge is 2.19. The van der Waals surface area contributed by atoms with Crippen molar-refractivity contribution in [1.82, 2.24) is 19.7 Å². The number of anilines is 2. The van der Waals surface area contributed by atoms with E-state index in [0.717, 1.165) is 10.2 Å². The van der Waals surface area contributed by atoms with E-state index in [1.165, 1.54) is 44.6 Å². The first-order valence-corrected chi connectivity index (χ1v) is 11.5. The van der Waals surface area contributed by atoms with Gasteiger partial charge in [0.15, 0.2) is 5.82 Å². The first-order valence-electron chi connectivity index (χ1n) is 9.25. The summed E-state index contributed by atoms with van der Waals surface area (Å²) in [7, 11) is -1.21. The summed E-state index contributed by atoms with van der Waals surface area (Å²) in [6.45, 7) is 3.53. The monoisotopic (exact) mass is 524 g/mol. The standard InChI is InChI=1S/C19H21BrN6O5S/c1-11-15(20)10-26(24-11)12(2)18(27)21-13-5-7-14(8-6-13)32(28,29)25-16-9-17(30-3)23-19(22-16)31-4/h5-10,12H,1-4H3,(H,21,27)(H,22,23,25). The number of methoxy groups -OCH3 is 2. The summed E-state index contributed by atoms with van der Waals surface area (Å²) in [6, 6.07) is 6.43. The van der Waals surface area contributed by atoms with Crippen LogP contribution in [0.15, 0.2) is 45.9 Å². The lowest BCUT2D eigenvalue weighted by Gasteiger charge is -2.13. The lowest BCUT2D eigenvalue weighted by Crippen LogP contribution is -2.24. The predicted molar refractivity (Wildman–Crippen MR) is 120 cm³/mol. The third kappa shape index (κ3) is 5.34. The number of rotatable bonds is 8. The van der Waals surface area contributed by atoms with Gasteiger partial charge in [0.25, 0.3) is 10.0 Å². The Kier molecular flexibility index (Phi) is 6.99. The second-order valence-electron chi connectivity index (χ2n) is 6.62. The number of carbonyl (C=O) groups is 1. The maximum Gasteiger partial charge on any atom is 0.321 e. The van der Waals surface area contributed by atoms with Crippen molar-refractivity contribution in [3.05, 3.63) is 46.7 Å². The van der Waals surface area contributed by atoms with Gasteiger partial charge >= 0.3 is 6.01 Å². The molecule has 13 heteroatoms. The molecule has 1 atom stereocenters. The normalized spacial score (nSPS) is 12.2. The van der Waals surface area contributed by atoms with E-state index < -0.39 is 16.1 Å². The maximum absolute atomic E-state index is 12.7. The molecule has 2 N–H and O–H groups in total. The number of aromatic nitrogens is 4. The van der Waals surface area contributed by atoms with Crippen LogP contribution in [0.3, 0.4) is 0 Å². The Morgan fingerprint density at radius 3 is 2.41 bits per heavy atom. The highest BCUT2D eigenvalue weighted by atomic mass is 79.9. The maximum atomic E-state index is 12.7. The molecular weight excluding hydrogens is 504 g/mol. The lowest BCUT2D eigenvalue weighted by atomic mass is 10.2. The molecule has 1 amide bonds. The topological polar surface area (TPSA) is 137 Å². The van der Waals surface area contributed by atoms with Crippen LogP contribution in [-0.4, -0.2) is 48.3 Å². The Morgan fingerprint density at radius 2 is 1.84 bits per heavy atom. The fourth-order valence-electron chi connectivity index (χ4n) is 2.59. The van der Waals surface area contributed by atoms with Crippen LogP contribution in [0.5, 0.6) is 11.9 Å². The summed E-state index contributed by atoms with van der Waals surface area (Å²) in [5, 5.41) is 7.02. The van der Waals surface area contributed by atoms with Crippen LogP contribution in [-0.2, 0) is 14.8 Å². The van der Waals surface area contributed by atoms with Crippen molar-refractivity contribution >= 4 is 43.4 Å². The van der Waals surface area contributed by atoms with Crippen LogP contribution < -0.4 is 19.5 Å². The number of amides is 1. The van der Waals surface area contributed by atoms with Crippen LogP contribution >= 0.6 is 15.9 Å². The molecule has 0 radical (unpaired) electrons. The van der Waals surface area contributed by atoms with E-state index >= 15 is 0 Å². The molecule has 32 heavy (non-hydrogen) atoms. The molecular formula is C19H21BrN6O5S. The molecule has 2 aromatic heterocycles. The van der Waals surface area contributed by atoms with Gasteiger partial charge in [0.1, 0.15) is 6.04 Å². The predicted octanol–water partition coefficient (Wildman–Crippen LogP) is 2.76. The minimum atomic E-state index is -3.95. The van der Waals surface area contributed by atoms with Crippen molar-refractivity contribution in [1.29, 1.82) is 0 Å². The SMILES string of the molecule is COc1cc(NS(=O)(=O)c2ccc(NC(=O)C(C)n3cc(Br)c(C)n3)cc2)nc(OC)n1. The fourth-order valence-corrected chi connectivity index (χ4v) is 3.87. The van der Waals surface area contributed by atoms with E-state index in [9.17, 15) is 13.2 Å². The number of nitrogens with zero attached hydrogens (tertiary/aromatic N) is 4. The number of carbonyl (C=O) groups excluding carboxylic acids is 1. The van der Waals surface area contributed by atoms with Crippen molar-refractivity contribution < 1.29 is 22.7 Å². The van der Waals surface area contributed by atoms with Crippen molar-refractivity contribution in [2.45, 2.75) is 24.8 Å². The molecule has 11 nitrogen and oxygen atoms in total. The number of hydrogen-bond acceptors (Lipinski definition) is 8. The summed E-state index contributed by atoms with van der Waals surface area (Å²) in [6.07, 6.45) is 1.72. The number of nitrogens with one attached hydrogen (secondary N) is 2. The molecule has 0 aliphatic heterocycles. The number of hydrogen-bond donors (Lipinski definition) is 2. The van der Waals surface area contributed by atoms with Gasteiger partial charge in [0.05, 0.1) is 29.3 Å². The zero-order chi connectivity index (χ0) is 23.5. The summed E-state index contributed by atoms with van der Waals surface area (Å²) in [4.78, 5) is 20.4. The zero-order valence-electron chi connectivity index (χ0n) is 17.7. The third-order valence-electron chi connectivity index (χ3n) is 4.38. The minimum absolute atomic E-state index is 0.0134. The molecule has 0 bridgehead atoms. The lowest BCUT2D eigenvalue weighted by molar-refractivity contribution is -0.119. The van der Waals surface area contributed by atoms with Crippen LogP contribution in [0, 0.1) is 6.92 Å². The number of aryl methyl sites for hydroxylation is 1. The molecule has 1 unspecified atom stereocenters. The summed E-state index contributed by atoms with van der Waals surface area (Å²) >= 11 is 3.37. The van der Waals surface area contributed by atoms with Crippen molar-refractivity contribution in [2.75, 3.05) is 24.3 Å². The van der Waals surface area contributed by atoms with Gasteiger partial charge in [-0.2, -0.15) is 15.1 Å². The van der Waals surface area contributed by atoms with E-state index in [1.54, 1.807) is 17.8 Å². The highest BCUT2D eigenvalue weighted by molar-refractivity contribution is 9.10. The van der Waals surface area contributed by atoms with E-state index in [2.05, 4.69) is 41.0 Å². The molecule has 3 rings (SSSR count). The van der Waals surface area contributed by atoms with E-state index in [4.69, 9.17) is 9.47 Å². The molecule has 2 heterocycles. The number of ether oxygens (including phenoxy) is 2. The van der Waals surface area contributed by atoms with Gasteiger partial charge in [0, 0.05) is 18.0 Å². The van der Waals surface area contributed by atoms with E-state index in [1.807, 2.05) is 6.92 Å². The highest BCUT2D eigenvalue weighted by Crippen LogP contribution is 2.22. The fraction of sp³-hybridized carbons (Fsp3) is 0.263. The molecule has 0 aliphatic carbocycles. The van der Waals surface area contributed by atoms with Crippen LogP contribution in [0.25, 0.3) is 0 Å². The molecule has 0 saturated carbocycles. The summed E-state index contributed by atoms with van der Waals surface area (Å²) in [5.41, 5.74) is 1.21. The van der Waals surface area contributed by atoms with Gasteiger partial charge < -0.3 is 14.8 Å². The number of benzene rings is 1.